The average molecular weight is 289 g/mol. The molecule has 0 aromatic heterocycles. The van der Waals surface area contributed by atoms with Gasteiger partial charge in [0.15, 0.2) is 0 Å². The first-order valence-electron chi connectivity index (χ1n) is 5.40. The standard InChI is InChI=1S/C11H19N3O2S2/c1-8-10(14(2)4-5-17-3)6-9(12)7-11(8)18(13,15)16/h6-7H,4-5,12H2,1-3H3,(H2,13,15,16). The number of sulfonamides is 1. The monoisotopic (exact) mass is 289 g/mol. The lowest BCUT2D eigenvalue weighted by Gasteiger charge is -2.22. The number of nitrogens with two attached hydrogens (primary N) is 2. The second-order valence-corrected chi connectivity index (χ2v) is 6.64. The molecule has 18 heavy (non-hydrogen) atoms. The molecule has 0 saturated carbocycles. The van der Waals surface area contributed by atoms with Gasteiger partial charge in [-0.2, -0.15) is 11.8 Å². The van der Waals surface area contributed by atoms with E-state index in [9.17, 15) is 8.42 Å². The fourth-order valence-corrected chi connectivity index (χ4v) is 3.02. The normalized spacial score (nSPS) is 11.6. The molecule has 1 aromatic rings. The van der Waals surface area contributed by atoms with Crippen molar-refractivity contribution in [2.75, 3.05) is 36.2 Å². The van der Waals surface area contributed by atoms with Crippen molar-refractivity contribution in [2.45, 2.75) is 11.8 Å². The highest BCUT2D eigenvalue weighted by molar-refractivity contribution is 7.98. The van der Waals surface area contributed by atoms with E-state index in [2.05, 4.69) is 0 Å². The summed E-state index contributed by atoms with van der Waals surface area (Å²) in [5.74, 6) is 0.954. The molecule has 0 spiro atoms. The lowest BCUT2D eigenvalue weighted by molar-refractivity contribution is 0.597. The summed E-state index contributed by atoms with van der Waals surface area (Å²) >= 11 is 1.73. The molecule has 5 nitrogen and oxygen atoms in total. The predicted octanol–water partition coefficient (Wildman–Crippen LogP) is 1.02. The van der Waals surface area contributed by atoms with Crippen LogP contribution < -0.4 is 15.8 Å². The lowest BCUT2D eigenvalue weighted by atomic mass is 10.1. The van der Waals surface area contributed by atoms with E-state index in [1.165, 1.54) is 6.07 Å². The van der Waals surface area contributed by atoms with Crippen molar-refractivity contribution in [1.29, 1.82) is 0 Å². The largest absolute Gasteiger partial charge is 0.399 e. The van der Waals surface area contributed by atoms with E-state index in [-0.39, 0.29) is 4.90 Å². The molecule has 0 bridgehead atoms. The number of rotatable bonds is 5. The van der Waals surface area contributed by atoms with E-state index in [1.54, 1.807) is 24.8 Å². The highest BCUT2D eigenvalue weighted by atomic mass is 32.2. The minimum atomic E-state index is -3.74. The Bertz CT molecular complexity index is 529. The summed E-state index contributed by atoms with van der Waals surface area (Å²) < 4.78 is 23.0. The zero-order valence-electron chi connectivity index (χ0n) is 10.8. The van der Waals surface area contributed by atoms with Crippen molar-refractivity contribution in [3.8, 4) is 0 Å². The Kier molecular flexibility index (Phi) is 4.89. The van der Waals surface area contributed by atoms with E-state index in [4.69, 9.17) is 10.9 Å². The maximum atomic E-state index is 11.5. The minimum absolute atomic E-state index is 0.0912. The number of thioether (sulfide) groups is 1. The van der Waals surface area contributed by atoms with Gasteiger partial charge in [0.05, 0.1) is 4.90 Å². The Balaban J connectivity index is 3.25. The summed E-state index contributed by atoms with van der Waals surface area (Å²) in [6, 6.07) is 3.17. The van der Waals surface area contributed by atoms with Crippen LogP contribution in [0.3, 0.4) is 0 Å². The first-order chi connectivity index (χ1) is 8.27. The first kappa shape index (κ1) is 15.1. The molecule has 0 aliphatic carbocycles. The molecule has 4 N–H and O–H groups in total. The Morgan fingerprint density at radius 3 is 2.50 bits per heavy atom. The average Bonchev–Trinajstić information content (AvgIpc) is 2.27. The molecular weight excluding hydrogens is 270 g/mol. The van der Waals surface area contributed by atoms with Crippen LogP contribution in [0.4, 0.5) is 11.4 Å². The first-order valence-corrected chi connectivity index (χ1v) is 8.34. The molecule has 0 heterocycles. The van der Waals surface area contributed by atoms with Crippen LogP contribution in [0.2, 0.25) is 0 Å². The number of primary sulfonamides is 1. The Hall–Kier alpha value is -0.920. The van der Waals surface area contributed by atoms with Gasteiger partial charge >= 0.3 is 0 Å². The molecule has 1 aromatic carbocycles. The van der Waals surface area contributed by atoms with Gasteiger partial charge in [-0.15, -0.1) is 0 Å². The fraction of sp³-hybridized carbons (Fsp3) is 0.455. The van der Waals surface area contributed by atoms with Crippen molar-refractivity contribution in [2.24, 2.45) is 5.14 Å². The lowest BCUT2D eigenvalue weighted by Crippen LogP contribution is -2.23. The minimum Gasteiger partial charge on any atom is -0.399 e. The Labute approximate surface area is 113 Å². The van der Waals surface area contributed by atoms with Crippen LogP contribution in [-0.4, -0.2) is 34.0 Å². The summed E-state index contributed by atoms with van der Waals surface area (Å²) in [6.45, 7) is 2.56. The molecule has 0 radical (unpaired) electrons. The van der Waals surface area contributed by atoms with Gasteiger partial charge in [-0.05, 0) is 30.9 Å². The van der Waals surface area contributed by atoms with Crippen LogP contribution >= 0.6 is 11.8 Å². The van der Waals surface area contributed by atoms with E-state index >= 15 is 0 Å². The van der Waals surface area contributed by atoms with Crippen molar-refractivity contribution < 1.29 is 8.42 Å². The number of nitrogens with zero attached hydrogens (tertiary/aromatic N) is 1. The molecule has 0 atom stereocenters. The molecule has 0 fully saturated rings. The number of nitrogen functional groups attached to an aromatic ring is 1. The van der Waals surface area contributed by atoms with E-state index in [0.29, 0.717) is 11.3 Å². The zero-order valence-corrected chi connectivity index (χ0v) is 12.4. The van der Waals surface area contributed by atoms with Gasteiger partial charge < -0.3 is 10.6 Å². The van der Waals surface area contributed by atoms with Crippen LogP contribution in [0.25, 0.3) is 0 Å². The summed E-state index contributed by atoms with van der Waals surface area (Å²) in [6.07, 6.45) is 2.02. The highest BCUT2D eigenvalue weighted by Crippen LogP contribution is 2.28. The van der Waals surface area contributed by atoms with Crippen molar-refractivity contribution in [1.82, 2.24) is 0 Å². The molecular formula is C11H19N3O2S2. The number of hydrogen-bond donors (Lipinski definition) is 2. The van der Waals surface area contributed by atoms with E-state index < -0.39 is 10.0 Å². The van der Waals surface area contributed by atoms with Gasteiger partial charge in [-0.25, -0.2) is 13.6 Å². The van der Waals surface area contributed by atoms with Gasteiger partial charge in [0.1, 0.15) is 0 Å². The van der Waals surface area contributed by atoms with Crippen LogP contribution in [0.5, 0.6) is 0 Å². The topological polar surface area (TPSA) is 89.4 Å². The van der Waals surface area contributed by atoms with Gasteiger partial charge in [0.25, 0.3) is 0 Å². The van der Waals surface area contributed by atoms with Crippen molar-refractivity contribution in [3.05, 3.63) is 17.7 Å². The Morgan fingerprint density at radius 1 is 1.39 bits per heavy atom. The van der Waals surface area contributed by atoms with Crippen LogP contribution in [0.1, 0.15) is 5.56 Å². The summed E-state index contributed by atoms with van der Waals surface area (Å²) in [5.41, 5.74) is 7.57. The maximum Gasteiger partial charge on any atom is 0.238 e. The number of benzene rings is 1. The third-order valence-electron chi connectivity index (χ3n) is 2.70. The van der Waals surface area contributed by atoms with Gasteiger partial charge in [0.2, 0.25) is 10.0 Å². The van der Waals surface area contributed by atoms with E-state index in [1.807, 2.05) is 18.2 Å². The molecule has 1 rings (SSSR count). The molecule has 0 saturated heterocycles. The summed E-state index contributed by atoms with van der Waals surface area (Å²) in [7, 11) is -1.84. The smallest absolute Gasteiger partial charge is 0.238 e. The van der Waals surface area contributed by atoms with E-state index in [0.717, 1.165) is 18.0 Å². The quantitative estimate of drug-likeness (QED) is 0.790. The summed E-state index contributed by atoms with van der Waals surface area (Å²) in [5, 5.41) is 5.19. The molecule has 0 amide bonds. The van der Waals surface area contributed by atoms with Crippen LogP contribution in [0, 0.1) is 6.92 Å². The fourth-order valence-electron chi connectivity index (χ4n) is 1.73. The van der Waals surface area contributed by atoms with Gasteiger partial charge in [0, 0.05) is 30.7 Å². The molecule has 0 unspecified atom stereocenters. The Morgan fingerprint density at radius 2 is 2.00 bits per heavy atom. The third kappa shape index (κ3) is 3.54. The second kappa shape index (κ2) is 5.81. The predicted molar refractivity (Wildman–Crippen MR) is 78.6 cm³/mol. The highest BCUT2D eigenvalue weighted by Gasteiger charge is 2.17. The zero-order chi connectivity index (χ0) is 13.9. The summed E-state index contributed by atoms with van der Waals surface area (Å²) in [4.78, 5) is 2.07. The maximum absolute atomic E-state index is 11.5. The molecule has 0 aliphatic heterocycles. The van der Waals surface area contributed by atoms with Gasteiger partial charge in [-0.3, -0.25) is 0 Å². The number of anilines is 2. The van der Waals surface area contributed by atoms with Crippen LogP contribution in [-0.2, 0) is 10.0 Å². The molecule has 102 valence electrons. The van der Waals surface area contributed by atoms with Crippen LogP contribution in [0.15, 0.2) is 17.0 Å². The third-order valence-corrected chi connectivity index (χ3v) is 4.33. The van der Waals surface area contributed by atoms with Crippen molar-refractivity contribution in [3.63, 3.8) is 0 Å². The molecule has 0 aliphatic rings. The van der Waals surface area contributed by atoms with Gasteiger partial charge in [-0.1, -0.05) is 0 Å². The number of hydrogen-bond acceptors (Lipinski definition) is 5. The van der Waals surface area contributed by atoms with Crippen molar-refractivity contribution >= 4 is 33.2 Å². The SMILES string of the molecule is CSCCN(C)c1cc(N)cc(S(N)(=O)=O)c1C. The molecule has 7 heteroatoms. The second-order valence-electron chi connectivity index (χ2n) is 4.12.